The Bertz CT molecular complexity index is 239. The summed E-state index contributed by atoms with van der Waals surface area (Å²) in [7, 11) is 0. The van der Waals surface area contributed by atoms with Crippen molar-refractivity contribution in [3.8, 4) is 0 Å². The molecule has 1 aromatic rings. The van der Waals surface area contributed by atoms with Crippen molar-refractivity contribution in [2.75, 3.05) is 5.73 Å². The lowest BCUT2D eigenvalue weighted by Crippen LogP contribution is -1.99. The molecule has 0 fully saturated rings. The van der Waals surface area contributed by atoms with E-state index in [1.54, 1.807) is 0 Å². The molecule has 0 aliphatic rings. The van der Waals surface area contributed by atoms with Gasteiger partial charge < -0.3 is 16.3 Å². The molecule has 0 amide bonds. The maximum Gasteiger partial charge on any atom is 0.357 e. The Morgan fingerprint density at radius 2 is 2.27 bits per heavy atom. The molecule has 0 saturated heterocycles. The number of carbonyl (C=O) groups is 1. The van der Waals surface area contributed by atoms with Crippen molar-refractivity contribution in [2.24, 2.45) is 0 Å². The molecular weight excluding hydrogens is 192 g/mol. The minimum Gasteiger partial charge on any atom is -0.476 e. The summed E-state index contributed by atoms with van der Waals surface area (Å²) in [5, 5.41) is 9.81. The summed E-state index contributed by atoms with van der Waals surface area (Å²) in [4.78, 5) is 10.1. The van der Waals surface area contributed by atoms with E-state index in [0.29, 0.717) is 0 Å². The normalized spacial score (nSPS) is 7.64. The van der Waals surface area contributed by atoms with Crippen LogP contribution in [-0.4, -0.2) is 20.9 Å². The first kappa shape index (κ1) is 12.8. The first-order valence-electron chi connectivity index (χ1n) is 2.15. The Labute approximate surface area is 72.7 Å². The van der Waals surface area contributed by atoms with E-state index >= 15 is 0 Å². The SMILES string of the molecule is Cl.Nc1csnc1C(=O)O.O. The van der Waals surface area contributed by atoms with Gasteiger partial charge in [0.1, 0.15) is 0 Å². The van der Waals surface area contributed by atoms with Gasteiger partial charge in [-0.25, -0.2) is 4.79 Å². The lowest BCUT2D eigenvalue weighted by Gasteiger charge is -1.84. The van der Waals surface area contributed by atoms with E-state index in [4.69, 9.17) is 10.8 Å². The molecule has 0 atom stereocenters. The van der Waals surface area contributed by atoms with Crippen LogP contribution in [0.15, 0.2) is 5.38 Å². The van der Waals surface area contributed by atoms with Crippen molar-refractivity contribution in [2.45, 2.75) is 0 Å². The number of carboxylic acids is 1. The van der Waals surface area contributed by atoms with E-state index in [2.05, 4.69) is 4.37 Å². The van der Waals surface area contributed by atoms with Gasteiger partial charge in [0.25, 0.3) is 0 Å². The molecule has 1 aromatic heterocycles. The van der Waals surface area contributed by atoms with Crippen molar-refractivity contribution in [3.63, 3.8) is 0 Å². The number of hydrogen-bond acceptors (Lipinski definition) is 4. The molecule has 0 aliphatic heterocycles. The van der Waals surface area contributed by atoms with Gasteiger partial charge >= 0.3 is 5.97 Å². The highest BCUT2D eigenvalue weighted by Gasteiger charge is 2.08. The number of aromatic nitrogens is 1. The van der Waals surface area contributed by atoms with E-state index in [1.165, 1.54) is 5.38 Å². The average Bonchev–Trinajstić information content (AvgIpc) is 2.13. The van der Waals surface area contributed by atoms with Crippen LogP contribution < -0.4 is 5.73 Å². The Morgan fingerprint density at radius 3 is 2.45 bits per heavy atom. The molecule has 0 unspecified atom stereocenters. The lowest BCUT2D eigenvalue weighted by molar-refractivity contribution is 0.0693. The van der Waals surface area contributed by atoms with Gasteiger partial charge in [-0.05, 0) is 11.5 Å². The molecule has 0 saturated carbocycles. The van der Waals surface area contributed by atoms with Gasteiger partial charge in [-0.15, -0.1) is 12.4 Å². The molecule has 1 heterocycles. The second-order valence-electron chi connectivity index (χ2n) is 1.42. The topological polar surface area (TPSA) is 108 Å². The van der Waals surface area contributed by atoms with E-state index in [-0.39, 0.29) is 29.3 Å². The van der Waals surface area contributed by atoms with Crippen molar-refractivity contribution < 1.29 is 15.4 Å². The van der Waals surface area contributed by atoms with E-state index in [1.807, 2.05) is 0 Å². The molecule has 0 spiro atoms. The second kappa shape index (κ2) is 4.89. The van der Waals surface area contributed by atoms with Gasteiger partial charge in [0, 0.05) is 5.38 Å². The summed E-state index contributed by atoms with van der Waals surface area (Å²) in [6.45, 7) is 0. The molecule has 0 radical (unpaired) electrons. The highest BCUT2D eigenvalue weighted by Crippen LogP contribution is 2.11. The zero-order valence-electron chi connectivity index (χ0n) is 5.27. The molecule has 64 valence electrons. The Balaban J connectivity index is 0. The number of nitrogens with two attached hydrogens (primary N) is 1. The molecule has 0 bridgehead atoms. The number of nitrogens with zero attached hydrogens (tertiary/aromatic N) is 1. The van der Waals surface area contributed by atoms with Crippen LogP contribution in [0.3, 0.4) is 0 Å². The van der Waals surface area contributed by atoms with Gasteiger partial charge in [-0.3, -0.25) is 0 Å². The Hall–Kier alpha value is -0.850. The minimum absolute atomic E-state index is 0. The Kier molecular flexibility index (Phi) is 5.69. The van der Waals surface area contributed by atoms with Crippen LogP contribution in [0.4, 0.5) is 5.69 Å². The van der Waals surface area contributed by atoms with Gasteiger partial charge in [-0.1, -0.05) is 0 Å². The standard InChI is InChI=1S/C4H4N2O2S.ClH.H2O/c5-2-1-9-6-3(2)4(7)8;;/h1H,5H2,(H,7,8);1H;1H2. The third-order valence-corrected chi connectivity index (χ3v) is 1.45. The summed E-state index contributed by atoms with van der Waals surface area (Å²) in [6.07, 6.45) is 0. The lowest BCUT2D eigenvalue weighted by atomic mass is 10.4. The molecule has 1 rings (SSSR count). The first-order valence-corrected chi connectivity index (χ1v) is 2.98. The fourth-order valence-electron chi connectivity index (χ4n) is 0.407. The van der Waals surface area contributed by atoms with Crippen molar-refractivity contribution in [1.82, 2.24) is 4.37 Å². The smallest absolute Gasteiger partial charge is 0.357 e. The fraction of sp³-hybridized carbons (Fsp3) is 0. The number of nitrogen functional groups attached to an aromatic ring is 1. The number of aromatic carboxylic acids is 1. The zero-order chi connectivity index (χ0) is 6.85. The maximum atomic E-state index is 10.1. The van der Waals surface area contributed by atoms with E-state index in [9.17, 15) is 4.79 Å². The second-order valence-corrected chi connectivity index (χ2v) is 2.05. The van der Waals surface area contributed by atoms with Crippen molar-refractivity contribution in [3.05, 3.63) is 11.1 Å². The van der Waals surface area contributed by atoms with Crippen LogP contribution >= 0.6 is 23.9 Å². The molecule has 0 aromatic carbocycles. The first-order chi connectivity index (χ1) is 4.22. The quantitative estimate of drug-likeness (QED) is 0.663. The van der Waals surface area contributed by atoms with Crippen molar-refractivity contribution in [1.29, 1.82) is 0 Å². The largest absolute Gasteiger partial charge is 0.476 e. The number of carboxylic acid groups (broad SMARTS) is 1. The predicted octanol–water partition coefficient (Wildman–Crippen LogP) is 0.0206. The highest BCUT2D eigenvalue weighted by molar-refractivity contribution is 7.04. The van der Waals surface area contributed by atoms with Crippen LogP contribution in [0.2, 0.25) is 0 Å². The molecule has 7 heteroatoms. The number of halogens is 1. The number of anilines is 1. The van der Waals surface area contributed by atoms with Crippen LogP contribution in [-0.2, 0) is 0 Å². The van der Waals surface area contributed by atoms with Gasteiger partial charge in [-0.2, -0.15) is 4.37 Å². The highest BCUT2D eigenvalue weighted by atomic mass is 35.5. The van der Waals surface area contributed by atoms with Crippen LogP contribution in [0.5, 0.6) is 0 Å². The van der Waals surface area contributed by atoms with Gasteiger partial charge in [0.2, 0.25) is 0 Å². The van der Waals surface area contributed by atoms with E-state index in [0.717, 1.165) is 11.5 Å². The maximum absolute atomic E-state index is 10.1. The van der Waals surface area contributed by atoms with Crippen LogP contribution in [0, 0.1) is 0 Å². The molecule has 0 aliphatic carbocycles. The number of rotatable bonds is 1. The predicted molar refractivity (Wildman–Crippen MR) is 44.3 cm³/mol. The average molecular weight is 199 g/mol. The summed E-state index contributed by atoms with van der Waals surface area (Å²) in [5.74, 6) is -1.08. The summed E-state index contributed by atoms with van der Waals surface area (Å²) >= 11 is 1.04. The van der Waals surface area contributed by atoms with E-state index < -0.39 is 5.97 Å². The molecule has 5 N–H and O–H groups in total. The Morgan fingerprint density at radius 1 is 1.73 bits per heavy atom. The third-order valence-electron chi connectivity index (χ3n) is 0.800. The summed E-state index contributed by atoms with van der Waals surface area (Å²) in [5.41, 5.74) is 5.38. The number of hydrogen-bond donors (Lipinski definition) is 2. The minimum atomic E-state index is -1.08. The van der Waals surface area contributed by atoms with Crippen LogP contribution in [0.1, 0.15) is 10.5 Å². The molecular formula is C4H7ClN2O3S. The summed E-state index contributed by atoms with van der Waals surface area (Å²) < 4.78 is 3.53. The van der Waals surface area contributed by atoms with Crippen molar-refractivity contribution >= 4 is 35.6 Å². The summed E-state index contributed by atoms with van der Waals surface area (Å²) in [6, 6.07) is 0. The monoisotopic (exact) mass is 198 g/mol. The van der Waals surface area contributed by atoms with Gasteiger partial charge in [0.15, 0.2) is 5.69 Å². The third kappa shape index (κ3) is 2.71. The van der Waals surface area contributed by atoms with Gasteiger partial charge in [0.05, 0.1) is 5.69 Å². The zero-order valence-corrected chi connectivity index (χ0v) is 6.91. The fourth-order valence-corrected chi connectivity index (χ4v) is 0.974. The molecule has 5 nitrogen and oxygen atoms in total. The van der Waals surface area contributed by atoms with Crippen LogP contribution in [0.25, 0.3) is 0 Å². The molecule has 11 heavy (non-hydrogen) atoms.